The Bertz CT molecular complexity index is 863. The lowest BCUT2D eigenvalue weighted by Crippen LogP contribution is -2.50. The van der Waals surface area contributed by atoms with E-state index in [4.69, 9.17) is 4.74 Å². The predicted molar refractivity (Wildman–Crippen MR) is 115 cm³/mol. The lowest BCUT2D eigenvalue weighted by molar-refractivity contribution is -0.142. The van der Waals surface area contributed by atoms with Crippen molar-refractivity contribution in [3.05, 3.63) is 64.7 Å². The summed E-state index contributed by atoms with van der Waals surface area (Å²) >= 11 is 0. The maximum Gasteiger partial charge on any atom is 0.243 e. The largest absolute Gasteiger partial charge is 0.381 e. The number of nitrogens with zero attached hydrogens (tertiary/aromatic N) is 1. The zero-order valence-electron chi connectivity index (χ0n) is 17.7. The van der Waals surface area contributed by atoms with Gasteiger partial charge in [0.15, 0.2) is 0 Å². The maximum atomic E-state index is 13.5. The van der Waals surface area contributed by atoms with Gasteiger partial charge < -0.3 is 15.0 Å². The van der Waals surface area contributed by atoms with Crippen molar-refractivity contribution in [3.63, 3.8) is 0 Å². The second-order valence-corrected chi connectivity index (χ2v) is 8.04. The Hall–Kier alpha value is -2.66. The van der Waals surface area contributed by atoms with Gasteiger partial charge in [-0.1, -0.05) is 48.0 Å². The van der Waals surface area contributed by atoms with E-state index < -0.39 is 5.41 Å². The van der Waals surface area contributed by atoms with Crippen molar-refractivity contribution in [2.45, 2.75) is 39.0 Å². The van der Waals surface area contributed by atoms with Crippen LogP contribution in [0.25, 0.3) is 0 Å². The summed E-state index contributed by atoms with van der Waals surface area (Å²) in [7, 11) is 1.71. The summed E-state index contributed by atoms with van der Waals surface area (Å²) in [5.41, 5.74) is 4.39. The molecule has 2 aromatic rings. The normalized spacial score (nSPS) is 15.6. The fraction of sp³-hybridized carbons (Fsp3) is 0.417. The van der Waals surface area contributed by atoms with Crippen LogP contribution in [0.1, 0.15) is 35.1 Å². The summed E-state index contributed by atoms with van der Waals surface area (Å²) < 4.78 is 5.52. The number of likely N-dealkylation sites (N-methyl/N-ethyl adjacent to an activating group) is 1. The Balaban J connectivity index is 1.76. The number of carbonyl (C=O) groups excluding carboxylic acids is 2. The first-order valence-electron chi connectivity index (χ1n) is 10.1. The van der Waals surface area contributed by atoms with Crippen LogP contribution in [0.5, 0.6) is 0 Å². The first-order valence-corrected chi connectivity index (χ1v) is 10.1. The van der Waals surface area contributed by atoms with E-state index >= 15 is 0 Å². The van der Waals surface area contributed by atoms with Gasteiger partial charge in [-0.3, -0.25) is 9.59 Å². The number of aryl methyl sites for hydroxylation is 3. The highest BCUT2D eigenvalue weighted by Crippen LogP contribution is 2.36. The number of hydrogen-bond donors (Lipinski definition) is 1. The van der Waals surface area contributed by atoms with Gasteiger partial charge in [-0.2, -0.15) is 0 Å². The number of anilines is 1. The molecule has 154 valence electrons. The zero-order valence-corrected chi connectivity index (χ0v) is 17.7. The van der Waals surface area contributed by atoms with E-state index in [9.17, 15) is 9.59 Å². The van der Waals surface area contributed by atoms with E-state index in [1.165, 1.54) is 0 Å². The van der Waals surface area contributed by atoms with Crippen LogP contribution in [0.2, 0.25) is 0 Å². The quantitative estimate of drug-likeness (QED) is 0.840. The molecule has 1 fully saturated rings. The van der Waals surface area contributed by atoms with Crippen molar-refractivity contribution >= 4 is 17.5 Å². The van der Waals surface area contributed by atoms with Crippen LogP contribution in [-0.4, -0.2) is 43.5 Å². The van der Waals surface area contributed by atoms with Gasteiger partial charge in [0.05, 0.1) is 12.0 Å². The smallest absolute Gasteiger partial charge is 0.243 e. The van der Waals surface area contributed by atoms with E-state index in [1.54, 1.807) is 11.9 Å². The molecule has 2 aromatic carbocycles. The van der Waals surface area contributed by atoms with Crippen molar-refractivity contribution in [2.75, 3.05) is 32.1 Å². The Labute approximate surface area is 173 Å². The molecule has 0 radical (unpaired) electrons. The molecule has 1 N–H and O–H groups in total. The molecule has 3 rings (SSSR count). The van der Waals surface area contributed by atoms with E-state index in [1.807, 2.05) is 63.2 Å². The van der Waals surface area contributed by atoms with E-state index in [2.05, 4.69) is 5.32 Å². The van der Waals surface area contributed by atoms with Crippen molar-refractivity contribution in [1.29, 1.82) is 0 Å². The van der Waals surface area contributed by atoms with Crippen molar-refractivity contribution in [2.24, 2.45) is 0 Å². The highest BCUT2D eigenvalue weighted by Gasteiger charge is 2.43. The second-order valence-electron chi connectivity index (χ2n) is 8.04. The summed E-state index contributed by atoms with van der Waals surface area (Å²) in [4.78, 5) is 27.7. The second kappa shape index (κ2) is 8.78. The molecule has 5 heteroatoms. The van der Waals surface area contributed by atoms with Crippen LogP contribution in [-0.2, 0) is 19.7 Å². The summed E-state index contributed by atoms with van der Waals surface area (Å²) in [5.74, 6) is -0.217. The van der Waals surface area contributed by atoms with Crippen molar-refractivity contribution in [1.82, 2.24) is 4.90 Å². The van der Waals surface area contributed by atoms with Crippen LogP contribution in [0, 0.1) is 20.8 Å². The van der Waals surface area contributed by atoms with E-state index in [0.717, 1.165) is 27.9 Å². The molecule has 1 aliphatic rings. The third kappa shape index (κ3) is 4.51. The van der Waals surface area contributed by atoms with Crippen LogP contribution >= 0.6 is 0 Å². The minimum absolute atomic E-state index is 0.0149. The molecular formula is C24H30N2O3. The molecule has 0 aliphatic carbocycles. The van der Waals surface area contributed by atoms with Gasteiger partial charge in [0.25, 0.3) is 0 Å². The molecule has 2 amide bonds. The zero-order chi connectivity index (χ0) is 21.0. The summed E-state index contributed by atoms with van der Waals surface area (Å²) in [6.45, 7) is 7.11. The number of nitrogens with one attached hydrogen (secondary N) is 1. The third-order valence-corrected chi connectivity index (χ3v) is 5.75. The van der Waals surface area contributed by atoms with Crippen LogP contribution in [0.3, 0.4) is 0 Å². The number of hydrogen-bond acceptors (Lipinski definition) is 3. The van der Waals surface area contributed by atoms with Gasteiger partial charge in [0.1, 0.15) is 0 Å². The van der Waals surface area contributed by atoms with Crippen LogP contribution < -0.4 is 5.32 Å². The van der Waals surface area contributed by atoms with Gasteiger partial charge in [-0.05, 0) is 50.3 Å². The lowest BCUT2D eigenvalue weighted by Gasteiger charge is -2.39. The average Bonchev–Trinajstić information content (AvgIpc) is 2.71. The molecule has 1 aliphatic heterocycles. The Morgan fingerprint density at radius 2 is 1.62 bits per heavy atom. The summed E-state index contributed by atoms with van der Waals surface area (Å²) in [5, 5.41) is 2.99. The predicted octanol–water partition coefficient (Wildman–Crippen LogP) is 3.76. The molecule has 0 bridgehead atoms. The average molecular weight is 395 g/mol. The van der Waals surface area contributed by atoms with E-state index in [-0.39, 0.29) is 18.4 Å². The number of rotatable bonds is 5. The molecular weight excluding hydrogens is 364 g/mol. The first kappa shape index (κ1) is 21.1. The number of carbonyl (C=O) groups is 2. The molecule has 0 saturated carbocycles. The fourth-order valence-corrected chi connectivity index (χ4v) is 4.31. The topological polar surface area (TPSA) is 58.6 Å². The van der Waals surface area contributed by atoms with Gasteiger partial charge in [-0.25, -0.2) is 0 Å². The van der Waals surface area contributed by atoms with Crippen LogP contribution in [0.4, 0.5) is 5.69 Å². The molecule has 0 spiro atoms. The summed E-state index contributed by atoms with van der Waals surface area (Å²) in [6.07, 6.45) is 1.25. The highest BCUT2D eigenvalue weighted by molar-refractivity contribution is 5.97. The molecule has 0 aromatic heterocycles. The summed E-state index contributed by atoms with van der Waals surface area (Å²) in [6, 6.07) is 13.9. The Morgan fingerprint density at radius 3 is 2.21 bits per heavy atom. The molecule has 0 unspecified atom stereocenters. The number of amides is 2. The van der Waals surface area contributed by atoms with Gasteiger partial charge in [-0.15, -0.1) is 0 Å². The van der Waals surface area contributed by atoms with Crippen molar-refractivity contribution < 1.29 is 14.3 Å². The molecule has 29 heavy (non-hydrogen) atoms. The van der Waals surface area contributed by atoms with E-state index in [0.29, 0.717) is 26.1 Å². The fourth-order valence-electron chi connectivity index (χ4n) is 4.31. The molecule has 1 heterocycles. The van der Waals surface area contributed by atoms with Gasteiger partial charge in [0.2, 0.25) is 11.8 Å². The van der Waals surface area contributed by atoms with Crippen molar-refractivity contribution in [3.8, 4) is 0 Å². The SMILES string of the molecule is Cc1cc(C)c(NC(=O)CN(C)C(=O)C2(c3ccccc3)CCOCC2)c(C)c1. The highest BCUT2D eigenvalue weighted by atomic mass is 16.5. The lowest BCUT2D eigenvalue weighted by atomic mass is 9.73. The Kier molecular flexibility index (Phi) is 6.38. The molecule has 1 saturated heterocycles. The van der Waals surface area contributed by atoms with Crippen LogP contribution in [0.15, 0.2) is 42.5 Å². The monoisotopic (exact) mass is 394 g/mol. The minimum Gasteiger partial charge on any atom is -0.381 e. The first-order chi connectivity index (χ1) is 13.8. The number of benzene rings is 2. The van der Waals surface area contributed by atoms with Gasteiger partial charge in [0, 0.05) is 25.9 Å². The molecule has 5 nitrogen and oxygen atoms in total. The van der Waals surface area contributed by atoms with Gasteiger partial charge >= 0.3 is 0 Å². The minimum atomic E-state index is -0.635. The maximum absolute atomic E-state index is 13.5. The standard InChI is InChI=1S/C24H30N2O3/c1-17-14-18(2)22(19(3)15-17)25-21(27)16-26(4)23(28)24(10-12-29-13-11-24)20-8-6-5-7-9-20/h5-9,14-15H,10-13,16H2,1-4H3,(H,25,27). The Morgan fingerprint density at radius 1 is 1.03 bits per heavy atom. The third-order valence-electron chi connectivity index (χ3n) is 5.75. The number of ether oxygens (including phenoxy) is 1. The molecule has 0 atom stereocenters.